The Morgan fingerprint density at radius 3 is 2.33 bits per heavy atom. The van der Waals surface area contributed by atoms with E-state index in [2.05, 4.69) is 9.97 Å². The van der Waals surface area contributed by atoms with Crippen LogP contribution < -0.4 is 11.5 Å². The van der Waals surface area contributed by atoms with Crippen LogP contribution in [-0.4, -0.2) is 21.7 Å². The van der Waals surface area contributed by atoms with Crippen molar-refractivity contribution in [3.8, 4) is 10.6 Å². The van der Waals surface area contributed by atoms with Crippen molar-refractivity contribution >= 4 is 35.5 Å². The summed E-state index contributed by atoms with van der Waals surface area (Å²) in [5.74, 6) is -0.900. The summed E-state index contributed by atoms with van der Waals surface area (Å²) in [5.41, 5.74) is 11.4. The number of nitrogen functional groups attached to an aromatic ring is 1. The second-order valence-corrected chi connectivity index (χ2v) is 4.21. The molecule has 2 rings (SSSR count). The number of amides is 1. The van der Waals surface area contributed by atoms with E-state index in [1.807, 2.05) is 0 Å². The zero-order valence-electron chi connectivity index (χ0n) is 9.08. The van der Waals surface area contributed by atoms with Crippen molar-refractivity contribution in [2.45, 2.75) is 0 Å². The third-order valence-electron chi connectivity index (χ3n) is 2.03. The van der Waals surface area contributed by atoms with E-state index in [0.29, 0.717) is 9.88 Å². The van der Waals surface area contributed by atoms with Gasteiger partial charge in [0.05, 0.1) is 0 Å². The second-order valence-electron chi connectivity index (χ2n) is 3.21. The number of nitrogens with zero attached hydrogens (tertiary/aromatic N) is 2. The maximum Gasteiger partial charge on any atom is 0.268 e. The monoisotopic (exact) mass is 283 g/mol. The predicted molar refractivity (Wildman–Crippen MR) is 72.1 cm³/mol. The number of amidine groups is 1. The van der Waals surface area contributed by atoms with Gasteiger partial charge >= 0.3 is 0 Å². The molecule has 0 saturated heterocycles. The number of carbonyl (C=O) groups excluding carboxylic acids is 1. The molecule has 8 heteroatoms. The molecule has 6 nitrogen and oxygen atoms in total. The van der Waals surface area contributed by atoms with Crippen molar-refractivity contribution in [3.05, 3.63) is 35.1 Å². The molecule has 2 heterocycles. The summed E-state index contributed by atoms with van der Waals surface area (Å²) in [4.78, 5) is 19.5. The van der Waals surface area contributed by atoms with Gasteiger partial charge in [-0.2, -0.15) is 0 Å². The van der Waals surface area contributed by atoms with Crippen LogP contribution in [-0.2, 0) is 0 Å². The van der Waals surface area contributed by atoms with Gasteiger partial charge in [-0.25, -0.2) is 4.98 Å². The van der Waals surface area contributed by atoms with E-state index in [1.165, 1.54) is 0 Å². The fourth-order valence-electron chi connectivity index (χ4n) is 1.29. The first-order valence-electron chi connectivity index (χ1n) is 4.65. The summed E-state index contributed by atoms with van der Waals surface area (Å²) in [6.07, 6.45) is 3.24. The number of carbonyl (C=O) groups is 1. The quantitative estimate of drug-likeness (QED) is 0.575. The van der Waals surface area contributed by atoms with Gasteiger partial charge in [-0.3, -0.25) is 15.2 Å². The molecule has 0 aliphatic heterocycles. The molecule has 1 amide bonds. The van der Waals surface area contributed by atoms with Crippen LogP contribution in [0.5, 0.6) is 0 Å². The Morgan fingerprint density at radius 1 is 1.28 bits per heavy atom. The molecule has 0 aliphatic rings. The number of aromatic nitrogens is 2. The smallest absolute Gasteiger partial charge is 0.268 e. The van der Waals surface area contributed by atoms with E-state index >= 15 is 0 Å². The number of rotatable bonds is 3. The molecule has 5 N–H and O–H groups in total. The van der Waals surface area contributed by atoms with Gasteiger partial charge in [0.2, 0.25) is 0 Å². The van der Waals surface area contributed by atoms with E-state index in [0.717, 1.165) is 16.9 Å². The van der Waals surface area contributed by atoms with Crippen LogP contribution in [0.3, 0.4) is 0 Å². The van der Waals surface area contributed by atoms with Crippen LogP contribution in [0.4, 0.5) is 0 Å². The molecule has 0 radical (unpaired) electrons. The predicted octanol–water partition coefficient (Wildman–Crippen LogP) is 1.01. The highest BCUT2D eigenvalue weighted by atomic mass is 35.5. The summed E-state index contributed by atoms with van der Waals surface area (Å²) in [6, 6.07) is 3.51. The SMILES string of the molecule is Cl.N=C(N)c1sc(-c2ccncc2)nc1C(N)=O. The molecule has 0 fully saturated rings. The fourth-order valence-corrected chi connectivity index (χ4v) is 2.22. The van der Waals surface area contributed by atoms with Crippen LogP contribution in [0.15, 0.2) is 24.5 Å². The highest BCUT2D eigenvalue weighted by Gasteiger charge is 2.18. The molecular weight excluding hydrogens is 274 g/mol. The summed E-state index contributed by atoms with van der Waals surface area (Å²) in [7, 11) is 0. The number of nitrogens with two attached hydrogens (primary N) is 2. The van der Waals surface area contributed by atoms with Gasteiger partial charge in [0.25, 0.3) is 5.91 Å². The average Bonchev–Trinajstić information content (AvgIpc) is 2.75. The topological polar surface area (TPSA) is 119 Å². The van der Waals surface area contributed by atoms with Crippen molar-refractivity contribution in [2.75, 3.05) is 0 Å². The first kappa shape index (κ1) is 14.1. The third kappa shape index (κ3) is 2.63. The van der Waals surface area contributed by atoms with Gasteiger partial charge in [0.15, 0.2) is 5.69 Å². The average molecular weight is 284 g/mol. The van der Waals surface area contributed by atoms with Crippen LogP contribution >= 0.6 is 23.7 Å². The Bertz CT molecular complexity index is 552. The van der Waals surface area contributed by atoms with Crippen molar-refractivity contribution in [2.24, 2.45) is 11.5 Å². The van der Waals surface area contributed by atoms with E-state index < -0.39 is 5.91 Å². The molecule has 0 spiro atoms. The Hall–Kier alpha value is -1.99. The van der Waals surface area contributed by atoms with E-state index in [-0.39, 0.29) is 23.9 Å². The number of halogens is 1. The normalized spacial score (nSPS) is 9.56. The van der Waals surface area contributed by atoms with Gasteiger partial charge in [0, 0.05) is 18.0 Å². The molecule has 2 aromatic heterocycles. The molecular formula is C10H10ClN5OS. The molecule has 0 aliphatic carbocycles. The number of hydrogen-bond donors (Lipinski definition) is 3. The highest BCUT2D eigenvalue weighted by molar-refractivity contribution is 7.17. The molecule has 0 aromatic carbocycles. The zero-order chi connectivity index (χ0) is 12.4. The first-order valence-corrected chi connectivity index (χ1v) is 5.46. The minimum absolute atomic E-state index is 0. The Balaban J connectivity index is 0.00000162. The highest BCUT2D eigenvalue weighted by Crippen LogP contribution is 2.27. The van der Waals surface area contributed by atoms with E-state index in [4.69, 9.17) is 16.9 Å². The summed E-state index contributed by atoms with van der Waals surface area (Å²) >= 11 is 1.16. The van der Waals surface area contributed by atoms with Gasteiger partial charge in [0.1, 0.15) is 15.7 Å². The fraction of sp³-hybridized carbons (Fsp3) is 0. The molecule has 18 heavy (non-hydrogen) atoms. The Kier molecular flexibility index (Phi) is 4.35. The van der Waals surface area contributed by atoms with Gasteiger partial charge in [-0.1, -0.05) is 0 Å². The number of primary amides is 1. The minimum Gasteiger partial charge on any atom is -0.383 e. The summed E-state index contributed by atoms with van der Waals surface area (Å²) in [5, 5.41) is 7.96. The van der Waals surface area contributed by atoms with E-state index in [9.17, 15) is 4.79 Å². The minimum atomic E-state index is -0.688. The largest absolute Gasteiger partial charge is 0.383 e. The maximum atomic E-state index is 11.2. The van der Waals surface area contributed by atoms with Crippen LogP contribution in [0, 0.1) is 5.41 Å². The maximum absolute atomic E-state index is 11.2. The first-order chi connectivity index (χ1) is 8.09. The van der Waals surface area contributed by atoms with Gasteiger partial charge in [-0.05, 0) is 12.1 Å². The zero-order valence-corrected chi connectivity index (χ0v) is 10.7. The Labute approximate surface area is 113 Å². The van der Waals surface area contributed by atoms with Crippen LogP contribution in [0.25, 0.3) is 10.6 Å². The van der Waals surface area contributed by atoms with Gasteiger partial charge in [-0.15, -0.1) is 23.7 Å². The lowest BCUT2D eigenvalue weighted by Gasteiger charge is -1.92. The second kappa shape index (κ2) is 5.56. The van der Waals surface area contributed by atoms with Gasteiger partial charge < -0.3 is 11.5 Å². The van der Waals surface area contributed by atoms with Crippen molar-refractivity contribution in [3.63, 3.8) is 0 Å². The lowest BCUT2D eigenvalue weighted by molar-refractivity contribution is 0.0996. The van der Waals surface area contributed by atoms with E-state index in [1.54, 1.807) is 24.5 Å². The molecule has 94 valence electrons. The van der Waals surface area contributed by atoms with Crippen LogP contribution in [0.2, 0.25) is 0 Å². The lowest BCUT2D eigenvalue weighted by Crippen LogP contribution is -2.19. The molecule has 0 unspecified atom stereocenters. The number of thiazole rings is 1. The van der Waals surface area contributed by atoms with Crippen molar-refractivity contribution in [1.29, 1.82) is 5.41 Å². The standard InChI is InChI=1S/C10H9N5OS.ClH/c11-8(12)7-6(9(13)16)15-10(17-7)5-1-3-14-4-2-5;/h1-4H,(H3,11,12)(H2,13,16);1H. The summed E-state index contributed by atoms with van der Waals surface area (Å²) < 4.78 is 0. The van der Waals surface area contributed by atoms with Crippen LogP contribution in [0.1, 0.15) is 15.4 Å². The molecule has 0 atom stereocenters. The molecule has 2 aromatic rings. The lowest BCUT2D eigenvalue weighted by atomic mass is 10.3. The Morgan fingerprint density at radius 2 is 1.89 bits per heavy atom. The van der Waals surface area contributed by atoms with Crippen molar-refractivity contribution in [1.82, 2.24) is 9.97 Å². The number of pyridine rings is 1. The summed E-state index contributed by atoms with van der Waals surface area (Å²) in [6.45, 7) is 0. The molecule has 0 saturated carbocycles. The number of nitrogens with one attached hydrogen (secondary N) is 1. The van der Waals surface area contributed by atoms with Crippen molar-refractivity contribution < 1.29 is 4.79 Å². The molecule has 0 bridgehead atoms. The number of hydrogen-bond acceptors (Lipinski definition) is 5. The third-order valence-corrected chi connectivity index (χ3v) is 3.17.